The minimum absolute atomic E-state index is 0.179. The van der Waals surface area contributed by atoms with Crippen LogP contribution in [0.25, 0.3) is 27.5 Å². The Labute approximate surface area is 186 Å². The number of carboxylic acids is 1. The van der Waals surface area contributed by atoms with Crippen LogP contribution in [0.2, 0.25) is 0 Å². The number of aliphatic carboxylic acids is 1. The lowest BCUT2D eigenvalue weighted by molar-refractivity contribution is -0.137. The van der Waals surface area contributed by atoms with Gasteiger partial charge >= 0.3 is 5.97 Å². The second kappa shape index (κ2) is 7.90. The number of nitrogens with two attached hydrogens (primary N) is 1. The molecule has 166 valence electrons. The second-order valence-electron chi connectivity index (χ2n) is 7.59. The van der Waals surface area contributed by atoms with Gasteiger partial charge in [0.05, 0.1) is 22.9 Å². The lowest BCUT2D eigenvalue weighted by Crippen LogP contribution is -2.12. The van der Waals surface area contributed by atoms with Crippen molar-refractivity contribution in [2.45, 2.75) is 19.6 Å². The van der Waals surface area contributed by atoms with Gasteiger partial charge in [-0.1, -0.05) is 0 Å². The van der Waals surface area contributed by atoms with Gasteiger partial charge < -0.3 is 15.6 Å². The summed E-state index contributed by atoms with van der Waals surface area (Å²) in [6.45, 7) is 1.56. The summed E-state index contributed by atoms with van der Waals surface area (Å²) in [7, 11) is 0. The molecule has 10 heteroatoms. The zero-order chi connectivity index (χ0) is 23.1. The number of halogens is 1. The minimum Gasteiger partial charge on any atom is -0.482 e. The fourth-order valence-electron chi connectivity index (χ4n) is 3.81. The first-order chi connectivity index (χ1) is 15.9. The number of hydrogen-bond acceptors (Lipinski definition) is 6. The maximum Gasteiger partial charge on any atom is 0.325 e. The maximum absolute atomic E-state index is 13.7. The van der Waals surface area contributed by atoms with Crippen LogP contribution in [-0.4, -0.2) is 35.6 Å². The summed E-state index contributed by atoms with van der Waals surface area (Å²) in [5.74, 6) is -0.889. The molecule has 0 aliphatic carbocycles. The van der Waals surface area contributed by atoms with Crippen LogP contribution in [0.3, 0.4) is 0 Å². The second-order valence-corrected chi connectivity index (χ2v) is 7.59. The number of rotatable bonds is 6. The average molecular weight is 446 g/mol. The zero-order valence-corrected chi connectivity index (χ0v) is 17.5. The van der Waals surface area contributed by atoms with Crippen LogP contribution in [0.15, 0.2) is 61.1 Å². The lowest BCUT2D eigenvalue weighted by atomic mass is 10.1. The monoisotopic (exact) mass is 446 g/mol. The van der Waals surface area contributed by atoms with E-state index < -0.39 is 12.1 Å². The Morgan fingerprint density at radius 3 is 2.82 bits per heavy atom. The van der Waals surface area contributed by atoms with Gasteiger partial charge in [-0.25, -0.2) is 14.1 Å². The number of nitrogen functional groups attached to an aromatic ring is 1. The van der Waals surface area contributed by atoms with Crippen LogP contribution in [0.1, 0.15) is 18.6 Å². The largest absolute Gasteiger partial charge is 0.482 e. The SMILES string of the molecule is CC(Oc1cc2cc(F)ccc2nc1N)c1cc2c(cnn2CC(=O)O)cc1-n1cccn1. The van der Waals surface area contributed by atoms with Crippen molar-refractivity contribution in [3.05, 3.63) is 72.4 Å². The smallest absolute Gasteiger partial charge is 0.325 e. The molecule has 0 radical (unpaired) electrons. The van der Waals surface area contributed by atoms with Crippen molar-refractivity contribution in [1.29, 1.82) is 0 Å². The molecule has 33 heavy (non-hydrogen) atoms. The van der Waals surface area contributed by atoms with Gasteiger partial charge in [0.15, 0.2) is 11.6 Å². The highest BCUT2D eigenvalue weighted by Gasteiger charge is 2.19. The van der Waals surface area contributed by atoms with Gasteiger partial charge in [0.2, 0.25) is 0 Å². The van der Waals surface area contributed by atoms with E-state index in [0.717, 1.165) is 16.6 Å². The van der Waals surface area contributed by atoms with Gasteiger partial charge in [-0.15, -0.1) is 0 Å². The Kier molecular flexibility index (Phi) is 4.89. The Bertz CT molecular complexity index is 1500. The number of carboxylic acid groups (broad SMARTS) is 1. The molecular formula is C23H19FN6O3. The third kappa shape index (κ3) is 3.82. The van der Waals surface area contributed by atoms with E-state index in [2.05, 4.69) is 15.2 Å². The van der Waals surface area contributed by atoms with Crippen molar-refractivity contribution in [3.8, 4) is 11.4 Å². The van der Waals surface area contributed by atoms with Crippen molar-refractivity contribution < 1.29 is 19.0 Å². The molecule has 1 atom stereocenters. The number of anilines is 1. The highest BCUT2D eigenvalue weighted by atomic mass is 19.1. The normalized spacial score (nSPS) is 12.3. The summed E-state index contributed by atoms with van der Waals surface area (Å²) in [6.07, 6.45) is 4.54. The molecule has 0 aliphatic rings. The van der Waals surface area contributed by atoms with E-state index >= 15 is 0 Å². The molecule has 5 rings (SSSR count). The van der Waals surface area contributed by atoms with Crippen molar-refractivity contribution >= 4 is 33.6 Å². The van der Waals surface area contributed by atoms with E-state index in [0.29, 0.717) is 22.2 Å². The topological polar surface area (TPSA) is 121 Å². The highest BCUT2D eigenvalue weighted by molar-refractivity contribution is 5.84. The van der Waals surface area contributed by atoms with Crippen molar-refractivity contribution in [2.24, 2.45) is 0 Å². The van der Waals surface area contributed by atoms with Crippen LogP contribution in [0.4, 0.5) is 10.2 Å². The molecular weight excluding hydrogens is 427 g/mol. The summed E-state index contributed by atoms with van der Waals surface area (Å²) in [6, 6.07) is 11.4. The Morgan fingerprint density at radius 1 is 1.21 bits per heavy atom. The van der Waals surface area contributed by atoms with Gasteiger partial charge in [-0.3, -0.25) is 9.48 Å². The molecule has 3 heterocycles. The van der Waals surface area contributed by atoms with Crippen molar-refractivity contribution in [3.63, 3.8) is 0 Å². The summed E-state index contributed by atoms with van der Waals surface area (Å²) in [4.78, 5) is 15.6. The van der Waals surface area contributed by atoms with Gasteiger partial charge in [0.25, 0.3) is 0 Å². The first kappa shape index (κ1) is 20.4. The number of fused-ring (bicyclic) bond motifs is 2. The predicted molar refractivity (Wildman–Crippen MR) is 120 cm³/mol. The van der Waals surface area contributed by atoms with Crippen LogP contribution < -0.4 is 10.5 Å². The summed E-state index contributed by atoms with van der Waals surface area (Å²) < 4.78 is 23.0. The number of hydrogen-bond donors (Lipinski definition) is 2. The van der Waals surface area contributed by atoms with E-state index in [-0.39, 0.29) is 18.2 Å². The number of benzene rings is 2. The fourth-order valence-corrected chi connectivity index (χ4v) is 3.81. The minimum atomic E-state index is -0.996. The third-order valence-electron chi connectivity index (χ3n) is 5.34. The van der Waals surface area contributed by atoms with E-state index in [9.17, 15) is 14.3 Å². The van der Waals surface area contributed by atoms with Crippen molar-refractivity contribution in [1.82, 2.24) is 24.5 Å². The number of nitrogens with zero attached hydrogens (tertiary/aromatic N) is 5. The Balaban J connectivity index is 1.60. The van der Waals surface area contributed by atoms with Crippen LogP contribution >= 0.6 is 0 Å². The third-order valence-corrected chi connectivity index (χ3v) is 5.34. The molecule has 2 aromatic carbocycles. The molecule has 9 nitrogen and oxygen atoms in total. The van der Waals surface area contributed by atoms with Crippen LogP contribution in [-0.2, 0) is 11.3 Å². The predicted octanol–water partition coefficient (Wildman–Crippen LogP) is 3.72. The molecule has 0 saturated heterocycles. The molecule has 0 aliphatic heterocycles. The fraction of sp³-hybridized carbons (Fsp3) is 0.130. The first-order valence-electron chi connectivity index (χ1n) is 10.1. The standard InChI is InChI=1S/C23H19FN6O3/c1-13(33-21-9-14-7-16(24)3-4-18(14)28-23(21)25)17-10-19-15(11-27-30(19)12-22(31)32)8-20(17)29-6-2-5-26-29/h2-11,13H,12H2,1H3,(H2,25,28)(H,31,32). The van der Waals surface area contributed by atoms with Gasteiger partial charge in [0, 0.05) is 28.7 Å². The quantitative estimate of drug-likeness (QED) is 0.408. The molecule has 0 amide bonds. The van der Waals surface area contributed by atoms with Gasteiger partial charge in [-0.2, -0.15) is 10.2 Å². The number of aromatic nitrogens is 5. The van der Waals surface area contributed by atoms with Gasteiger partial charge in [-0.05, 0) is 49.4 Å². The molecule has 0 bridgehead atoms. The van der Waals surface area contributed by atoms with E-state index in [4.69, 9.17) is 10.5 Å². The molecule has 0 saturated carbocycles. The summed E-state index contributed by atoms with van der Waals surface area (Å²) >= 11 is 0. The van der Waals surface area contributed by atoms with Crippen molar-refractivity contribution in [2.75, 3.05) is 5.73 Å². The molecule has 0 spiro atoms. The maximum atomic E-state index is 13.7. The summed E-state index contributed by atoms with van der Waals surface area (Å²) in [5.41, 5.74) is 8.79. The van der Waals surface area contributed by atoms with E-state index in [1.807, 2.05) is 19.1 Å². The molecule has 3 N–H and O–H groups in total. The molecule has 0 fully saturated rings. The van der Waals surface area contributed by atoms with E-state index in [1.165, 1.54) is 16.8 Å². The number of ether oxygens (including phenoxy) is 1. The first-order valence-corrected chi connectivity index (χ1v) is 10.1. The Morgan fingerprint density at radius 2 is 2.06 bits per heavy atom. The lowest BCUT2D eigenvalue weighted by Gasteiger charge is -2.20. The van der Waals surface area contributed by atoms with Crippen LogP contribution in [0.5, 0.6) is 5.75 Å². The zero-order valence-electron chi connectivity index (χ0n) is 17.5. The molecule has 3 aromatic heterocycles. The average Bonchev–Trinajstić information content (AvgIpc) is 3.44. The summed E-state index contributed by atoms with van der Waals surface area (Å²) in [5, 5.41) is 19.1. The molecule has 5 aromatic rings. The Hall–Kier alpha value is -4.47. The molecule has 1 unspecified atom stereocenters. The van der Waals surface area contributed by atoms with Gasteiger partial charge in [0.1, 0.15) is 18.5 Å². The highest BCUT2D eigenvalue weighted by Crippen LogP contribution is 2.33. The number of pyridine rings is 1. The van der Waals surface area contributed by atoms with E-state index in [1.54, 1.807) is 41.5 Å². The number of carbonyl (C=O) groups is 1. The van der Waals surface area contributed by atoms with Crippen LogP contribution in [0, 0.1) is 5.82 Å².